The standard InChI is InChI=1S/C21H22N4O3/c1-14-23-17(21(26)25-16-7-5-4-6-8-16)12-20(24-14)22-13-15-9-10-18(27-2)19(11-15)28-3/h4-12H,13H2,1-3H3,(H,25,26)(H,22,23,24). The summed E-state index contributed by atoms with van der Waals surface area (Å²) in [6, 6.07) is 16.6. The van der Waals surface area contributed by atoms with Crippen molar-refractivity contribution in [3.63, 3.8) is 0 Å². The number of anilines is 2. The zero-order chi connectivity index (χ0) is 19.9. The van der Waals surface area contributed by atoms with Crippen LogP contribution in [-0.2, 0) is 6.54 Å². The molecule has 144 valence electrons. The van der Waals surface area contributed by atoms with Gasteiger partial charge in [-0.05, 0) is 36.8 Å². The summed E-state index contributed by atoms with van der Waals surface area (Å²) in [7, 11) is 3.20. The van der Waals surface area contributed by atoms with Crippen molar-refractivity contribution < 1.29 is 14.3 Å². The highest BCUT2D eigenvalue weighted by Crippen LogP contribution is 2.27. The van der Waals surface area contributed by atoms with E-state index in [-0.39, 0.29) is 5.91 Å². The van der Waals surface area contributed by atoms with E-state index in [1.807, 2.05) is 48.5 Å². The van der Waals surface area contributed by atoms with E-state index in [0.29, 0.717) is 41.1 Å². The molecule has 0 saturated carbocycles. The minimum atomic E-state index is -0.286. The van der Waals surface area contributed by atoms with Crippen molar-refractivity contribution >= 4 is 17.4 Å². The van der Waals surface area contributed by atoms with Gasteiger partial charge in [0.25, 0.3) is 5.91 Å². The van der Waals surface area contributed by atoms with Gasteiger partial charge in [-0.15, -0.1) is 0 Å². The van der Waals surface area contributed by atoms with Crippen molar-refractivity contribution in [1.29, 1.82) is 0 Å². The fourth-order valence-corrected chi connectivity index (χ4v) is 2.67. The highest BCUT2D eigenvalue weighted by Gasteiger charge is 2.11. The minimum absolute atomic E-state index is 0.286. The third-order valence-electron chi connectivity index (χ3n) is 4.02. The first-order valence-corrected chi connectivity index (χ1v) is 8.76. The molecule has 1 heterocycles. The number of hydrogen-bond donors (Lipinski definition) is 2. The Balaban J connectivity index is 1.72. The number of nitrogens with zero attached hydrogens (tertiary/aromatic N) is 2. The van der Waals surface area contributed by atoms with Crippen LogP contribution >= 0.6 is 0 Å². The molecule has 0 bridgehead atoms. The molecule has 28 heavy (non-hydrogen) atoms. The zero-order valence-electron chi connectivity index (χ0n) is 16.0. The van der Waals surface area contributed by atoms with Crippen molar-refractivity contribution in [2.24, 2.45) is 0 Å². The van der Waals surface area contributed by atoms with E-state index < -0.39 is 0 Å². The molecule has 0 atom stereocenters. The summed E-state index contributed by atoms with van der Waals surface area (Å²) in [4.78, 5) is 21.1. The molecular formula is C21H22N4O3. The summed E-state index contributed by atoms with van der Waals surface area (Å²) in [6.45, 7) is 2.26. The van der Waals surface area contributed by atoms with Gasteiger partial charge in [0.15, 0.2) is 11.5 Å². The van der Waals surface area contributed by atoms with Gasteiger partial charge in [0, 0.05) is 18.3 Å². The number of rotatable bonds is 7. The van der Waals surface area contributed by atoms with Crippen LogP contribution in [0.4, 0.5) is 11.5 Å². The molecule has 0 radical (unpaired) electrons. The second kappa shape index (κ2) is 8.85. The third-order valence-corrected chi connectivity index (χ3v) is 4.02. The molecule has 1 amide bonds. The van der Waals surface area contributed by atoms with Crippen LogP contribution in [0.25, 0.3) is 0 Å². The summed E-state index contributed by atoms with van der Waals surface area (Å²) in [6.07, 6.45) is 0. The molecule has 0 unspecified atom stereocenters. The average Bonchev–Trinajstić information content (AvgIpc) is 2.72. The Kier molecular flexibility index (Phi) is 6.06. The second-order valence-electron chi connectivity index (χ2n) is 6.05. The Morgan fingerprint density at radius 3 is 2.43 bits per heavy atom. The van der Waals surface area contributed by atoms with E-state index in [0.717, 1.165) is 5.56 Å². The Morgan fingerprint density at radius 1 is 0.964 bits per heavy atom. The summed E-state index contributed by atoms with van der Waals surface area (Å²) >= 11 is 0. The van der Waals surface area contributed by atoms with E-state index in [4.69, 9.17) is 9.47 Å². The Bertz CT molecular complexity index is 961. The fourth-order valence-electron chi connectivity index (χ4n) is 2.67. The number of benzene rings is 2. The molecule has 3 aromatic rings. The molecular weight excluding hydrogens is 356 g/mol. The zero-order valence-corrected chi connectivity index (χ0v) is 16.0. The highest BCUT2D eigenvalue weighted by molar-refractivity contribution is 6.03. The van der Waals surface area contributed by atoms with Crippen LogP contribution in [0.5, 0.6) is 11.5 Å². The number of ether oxygens (including phenoxy) is 2. The number of amides is 1. The first kappa shape index (κ1) is 19.2. The smallest absolute Gasteiger partial charge is 0.274 e. The third kappa shape index (κ3) is 4.76. The Morgan fingerprint density at radius 2 is 1.71 bits per heavy atom. The first-order valence-electron chi connectivity index (χ1n) is 8.76. The summed E-state index contributed by atoms with van der Waals surface area (Å²) in [5.41, 5.74) is 2.00. The SMILES string of the molecule is COc1ccc(CNc2cc(C(=O)Nc3ccccc3)nc(C)n2)cc1OC. The Hall–Kier alpha value is -3.61. The largest absolute Gasteiger partial charge is 0.493 e. The number of nitrogens with one attached hydrogen (secondary N) is 2. The van der Waals surface area contributed by atoms with E-state index >= 15 is 0 Å². The van der Waals surface area contributed by atoms with Crippen LogP contribution in [0.15, 0.2) is 54.6 Å². The van der Waals surface area contributed by atoms with Gasteiger partial charge in [-0.2, -0.15) is 0 Å². The first-order chi connectivity index (χ1) is 13.6. The number of carbonyl (C=O) groups excluding carboxylic acids is 1. The molecule has 2 N–H and O–H groups in total. The van der Waals surface area contributed by atoms with Crippen LogP contribution in [0.3, 0.4) is 0 Å². The molecule has 0 spiro atoms. The van der Waals surface area contributed by atoms with Crippen LogP contribution in [0, 0.1) is 6.92 Å². The van der Waals surface area contributed by atoms with E-state index in [1.54, 1.807) is 27.2 Å². The lowest BCUT2D eigenvalue weighted by Gasteiger charge is -2.11. The number of carbonyl (C=O) groups is 1. The number of aromatic nitrogens is 2. The molecule has 7 heteroatoms. The number of para-hydroxylation sites is 1. The maximum Gasteiger partial charge on any atom is 0.274 e. The topological polar surface area (TPSA) is 85.4 Å². The van der Waals surface area contributed by atoms with E-state index in [2.05, 4.69) is 20.6 Å². The number of aryl methyl sites for hydroxylation is 1. The average molecular weight is 378 g/mol. The summed E-state index contributed by atoms with van der Waals surface area (Å²) in [5, 5.41) is 6.05. The molecule has 7 nitrogen and oxygen atoms in total. The fraction of sp³-hybridized carbons (Fsp3) is 0.190. The molecule has 1 aromatic heterocycles. The van der Waals surface area contributed by atoms with Crippen molar-refractivity contribution in [3.8, 4) is 11.5 Å². The van der Waals surface area contributed by atoms with Gasteiger partial charge in [-0.3, -0.25) is 4.79 Å². The maximum atomic E-state index is 12.5. The van der Waals surface area contributed by atoms with Gasteiger partial charge in [0.1, 0.15) is 17.3 Å². The summed E-state index contributed by atoms with van der Waals surface area (Å²) in [5.74, 6) is 2.12. The lowest BCUT2D eigenvalue weighted by molar-refractivity contribution is 0.102. The van der Waals surface area contributed by atoms with Gasteiger partial charge in [0.2, 0.25) is 0 Å². The van der Waals surface area contributed by atoms with Gasteiger partial charge in [0.05, 0.1) is 14.2 Å². The van der Waals surface area contributed by atoms with Gasteiger partial charge >= 0.3 is 0 Å². The predicted molar refractivity (Wildman–Crippen MR) is 108 cm³/mol. The van der Waals surface area contributed by atoms with Crippen LogP contribution < -0.4 is 20.1 Å². The van der Waals surface area contributed by atoms with Gasteiger partial charge < -0.3 is 20.1 Å². The van der Waals surface area contributed by atoms with E-state index in [9.17, 15) is 4.79 Å². The van der Waals surface area contributed by atoms with Crippen molar-refractivity contribution in [2.45, 2.75) is 13.5 Å². The maximum absolute atomic E-state index is 12.5. The minimum Gasteiger partial charge on any atom is -0.493 e. The van der Waals surface area contributed by atoms with E-state index in [1.165, 1.54) is 0 Å². The Labute approximate surface area is 163 Å². The van der Waals surface area contributed by atoms with Crippen LogP contribution in [-0.4, -0.2) is 30.1 Å². The number of methoxy groups -OCH3 is 2. The van der Waals surface area contributed by atoms with Crippen molar-refractivity contribution in [1.82, 2.24) is 9.97 Å². The molecule has 0 aliphatic carbocycles. The predicted octanol–water partition coefficient (Wildman–Crippen LogP) is 3.67. The molecule has 0 aliphatic rings. The van der Waals surface area contributed by atoms with Gasteiger partial charge in [-0.25, -0.2) is 9.97 Å². The quantitative estimate of drug-likeness (QED) is 0.653. The second-order valence-corrected chi connectivity index (χ2v) is 6.05. The normalized spacial score (nSPS) is 10.2. The van der Waals surface area contributed by atoms with Gasteiger partial charge in [-0.1, -0.05) is 24.3 Å². The molecule has 0 aliphatic heterocycles. The molecule has 3 rings (SSSR count). The molecule has 0 saturated heterocycles. The van der Waals surface area contributed by atoms with Crippen LogP contribution in [0.1, 0.15) is 21.9 Å². The lowest BCUT2D eigenvalue weighted by atomic mass is 10.2. The molecule has 2 aromatic carbocycles. The monoisotopic (exact) mass is 378 g/mol. The van der Waals surface area contributed by atoms with Crippen molar-refractivity contribution in [3.05, 3.63) is 71.7 Å². The summed E-state index contributed by atoms with van der Waals surface area (Å²) < 4.78 is 10.6. The highest BCUT2D eigenvalue weighted by atomic mass is 16.5. The number of hydrogen-bond acceptors (Lipinski definition) is 6. The lowest BCUT2D eigenvalue weighted by Crippen LogP contribution is -2.15. The van der Waals surface area contributed by atoms with Crippen molar-refractivity contribution in [2.75, 3.05) is 24.9 Å². The van der Waals surface area contributed by atoms with Crippen LogP contribution in [0.2, 0.25) is 0 Å². The molecule has 0 fully saturated rings.